The number of carbonyl (C=O) groups excluding carboxylic acids is 2. The minimum absolute atomic E-state index is 0.190. The zero-order valence-electron chi connectivity index (χ0n) is 8.90. The number of halogens is 1. The largest absolute Gasteiger partial charge is 0.465 e. The number of carbonyl (C=O) groups is 2. The van der Waals surface area contributed by atoms with Gasteiger partial charge in [-0.05, 0) is 28.9 Å². The molecule has 7 heteroatoms. The van der Waals surface area contributed by atoms with Gasteiger partial charge in [-0.1, -0.05) is 0 Å². The first-order chi connectivity index (χ1) is 8.11. The van der Waals surface area contributed by atoms with Gasteiger partial charge in [0.1, 0.15) is 0 Å². The zero-order valence-corrected chi connectivity index (χ0v) is 10.5. The first-order valence-electron chi connectivity index (χ1n) is 4.91. The van der Waals surface area contributed by atoms with Gasteiger partial charge in [0.25, 0.3) is 12.0 Å². The number of hydrogen-bond acceptors (Lipinski definition) is 5. The van der Waals surface area contributed by atoms with E-state index in [2.05, 4.69) is 26.2 Å². The molecule has 0 saturated carbocycles. The molecule has 1 aliphatic rings. The lowest BCUT2D eigenvalue weighted by atomic mass is 10.2. The van der Waals surface area contributed by atoms with Gasteiger partial charge in [0.15, 0.2) is 11.6 Å². The minimum atomic E-state index is -1.28. The van der Waals surface area contributed by atoms with Crippen molar-refractivity contribution in [2.24, 2.45) is 0 Å². The second-order valence-electron chi connectivity index (χ2n) is 3.24. The maximum Gasteiger partial charge on any atom is 0.357 e. The molecule has 0 aliphatic carbocycles. The summed E-state index contributed by atoms with van der Waals surface area (Å²) in [4.78, 5) is 27.0. The summed E-state index contributed by atoms with van der Waals surface area (Å²) >= 11 is 3.22. The lowest BCUT2D eigenvalue weighted by Crippen LogP contribution is -2.44. The van der Waals surface area contributed by atoms with E-state index in [1.807, 2.05) is 0 Å². The van der Waals surface area contributed by atoms with Crippen molar-refractivity contribution in [2.75, 3.05) is 11.9 Å². The van der Waals surface area contributed by atoms with Crippen LogP contribution in [0.25, 0.3) is 0 Å². The number of hydrogen-bond donors (Lipinski definition) is 1. The normalized spacial score (nSPS) is 17.8. The number of fused-ring (bicyclic) bond motifs is 1. The van der Waals surface area contributed by atoms with Crippen LogP contribution in [0.1, 0.15) is 6.92 Å². The van der Waals surface area contributed by atoms with Gasteiger partial charge in [-0.3, -0.25) is 4.79 Å². The number of pyridine rings is 1. The van der Waals surface area contributed by atoms with E-state index in [0.29, 0.717) is 16.0 Å². The van der Waals surface area contributed by atoms with E-state index >= 15 is 0 Å². The van der Waals surface area contributed by atoms with Crippen LogP contribution >= 0.6 is 15.9 Å². The second kappa shape index (κ2) is 4.70. The van der Waals surface area contributed by atoms with Crippen molar-refractivity contribution in [3.8, 4) is 5.75 Å². The van der Waals surface area contributed by atoms with Crippen molar-refractivity contribution in [1.29, 1.82) is 0 Å². The summed E-state index contributed by atoms with van der Waals surface area (Å²) in [5.74, 6) is -0.669. The number of ether oxygens (including phenoxy) is 2. The third-order valence-corrected chi connectivity index (χ3v) is 2.48. The van der Waals surface area contributed by atoms with E-state index in [4.69, 9.17) is 9.47 Å². The van der Waals surface area contributed by atoms with Crippen LogP contribution in [0.5, 0.6) is 5.75 Å². The molecule has 1 N–H and O–H groups in total. The van der Waals surface area contributed by atoms with Gasteiger partial charge in [0.2, 0.25) is 0 Å². The van der Waals surface area contributed by atoms with Gasteiger partial charge < -0.3 is 14.8 Å². The van der Waals surface area contributed by atoms with E-state index in [0.717, 1.165) is 0 Å². The average molecular weight is 301 g/mol. The van der Waals surface area contributed by atoms with Crippen molar-refractivity contribution in [3.05, 3.63) is 16.7 Å². The van der Waals surface area contributed by atoms with Crippen molar-refractivity contribution in [2.45, 2.75) is 13.0 Å². The topological polar surface area (TPSA) is 77.5 Å². The molecule has 90 valence electrons. The highest BCUT2D eigenvalue weighted by Gasteiger charge is 2.35. The Morgan fingerprint density at radius 3 is 3.18 bits per heavy atom. The van der Waals surface area contributed by atoms with E-state index in [1.54, 1.807) is 13.0 Å². The molecule has 1 amide bonds. The van der Waals surface area contributed by atoms with E-state index in [9.17, 15) is 9.59 Å². The number of nitrogens with one attached hydrogen (secondary N) is 1. The highest BCUT2D eigenvalue weighted by molar-refractivity contribution is 9.10. The van der Waals surface area contributed by atoms with E-state index < -0.39 is 18.0 Å². The van der Waals surface area contributed by atoms with Crippen LogP contribution < -0.4 is 10.1 Å². The number of amides is 1. The summed E-state index contributed by atoms with van der Waals surface area (Å²) in [6, 6.07) is 1.62. The Hall–Kier alpha value is -1.63. The molecule has 2 heterocycles. The van der Waals surface area contributed by atoms with Crippen molar-refractivity contribution in [1.82, 2.24) is 4.98 Å². The molecule has 1 aromatic heterocycles. The van der Waals surface area contributed by atoms with Crippen LogP contribution in [-0.4, -0.2) is 29.6 Å². The number of nitrogens with zero attached hydrogens (tertiary/aromatic N) is 1. The van der Waals surface area contributed by atoms with Crippen LogP contribution in [0.4, 0.5) is 5.82 Å². The number of anilines is 1. The molecule has 0 saturated heterocycles. The predicted molar refractivity (Wildman–Crippen MR) is 61.6 cm³/mol. The van der Waals surface area contributed by atoms with Crippen LogP contribution in [-0.2, 0) is 14.3 Å². The number of rotatable bonds is 2. The molecule has 6 nitrogen and oxygen atoms in total. The first-order valence-corrected chi connectivity index (χ1v) is 5.71. The molecule has 1 aromatic rings. The Morgan fingerprint density at radius 1 is 1.71 bits per heavy atom. The third kappa shape index (κ3) is 2.38. The van der Waals surface area contributed by atoms with Crippen molar-refractivity contribution in [3.63, 3.8) is 0 Å². The molecule has 0 aromatic carbocycles. The summed E-state index contributed by atoms with van der Waals surface area (Å²) in [5.41, 5.74) is 0. The molecule has 1 aliphatic heterocycles. The number of esters is 1. The van der Waals surface area contributed by atoms with Gasteiger partial charge in [0.05, 0.1) is 6.61 Å². The fourth-order valence-electron chi connectivity index (χ4n) is 1.34. The van der Waals surface area contributed by atoms with Gasteiger partial charge in [-0.25, -0.2) is 9.78 Å². The fraction of sp³-hybridized carbons (Fsp3) is 0.300. The quantitative estimate of drug-likeness (QED) is 0.654. The monoisotopic (exact) mass is 300 g/mol. The lowest BCUT2D eigenvalue weighted by Gasteiger charge is -2.23. The summed E-state index contributed by atoms with van der Waals surface area (Å²) in [5, 5.41) is 2.48. The highest BCUT2D eigenvalue weighted by atomic mass is 79.9. The van der Waals surface area contributed by atoms with E-state index in [-0.39, 0.29) is 6.61 Å². The molecule has 0 bridgehead atoms. The smallest absolute Gasteiger partial charge is 0.357 e. The van der Waals surface area contributed by atoms with Crippen LogP contribution in [0.3, 0.4) is 0 Å². The van der Waals surface area contributed by atoms with Crippen LogP contribution in [0, 0.1) is 0 Å². The maximum atomic E-state index is 11.6. The van der Waals surface area contributed by atoms with Gasteiger partial charge in [-0.15, -0.1) is 0 Å². The second-order valence-corrected chi connectivity index (χ2v) is 4.16. The lowest BCUT2D eigenvalue weighted by molar-refractivity contribution is -0.155. The molecule has 1 atom stereocenters. The third-order valence-electron chi connectivity index (χ3n) is 2.04. The Bertz CT molecular complexity index is 477. The highest BCUT2D eigenvalue weighted by Crippen LogP contribution is 2.30. The SMILES string of the molecule is CCOC(=O)C1Oc2cc(Br)cnc2NC1=O. The Morgan fingerprint density at radius 2 is 2.47 bits per heavy atom. The van der Waals surface area contributed by atoms with Crippen LogP contribution in [0.15, 0.2) is 16.7 Å². The Labute approximate surface area is 105 Å². The van der Waals surface area contributed by atoms with Gasteiger partial charge in [0, 0.05) is 10.7 Å². The first kappa shape index (κ1) is 11.8. The minimum Gasteiger partial charge on any atom is -0.465 e. The molecule has 2 rings (SSSR count). The van der Waals surface area contributed by atoms with Gasteiger partial charge in [-0.2, -0.15) is 0 Å². The molecular formula is C10H9BrN2O4. The van der Waals surface area contributed by atoms with Crippen molar-refractivity contribution >= 4 is 33.6 Å². The Kier molecular flexibility index (Phi) is 3.28. The van der Waals surface area contributed by atoms with Crippen molar-refractivity contribution < 1.29 is 19.1 Å². The average Bonchev–Trinajstić information content (AvgIpc) is 2.29. The molecule has 17 heavy (non-hydrogen) atoms. The predicted octanol–water partition coefficient (Wildman–Crippen LogP) is 1.11. The van der Waals surface area contributed by atoms with E-state index in [1.165, 1.54) is 6.20 Å². The standard InChI is InChI=1S/C10H9BrN2O4/c1-2-16-10(15)7-9(14)13-8-6(17-7)3-5(11)4-12-8/h3-4,7H,2H2,1H3,(H,12,13,14). The Balaban J connectivity index is 2.25. The molecular weight excluding hydrogens is 292 g/mol. The fourth-order valence-corrected chi connectivity index (χ4v) is 1.65. The summed E-state index contributed by atoms with van der Waals surface area (Å²) in [6.07, 6.45) is 0.242. The zero-order chi connectivity index (χ0) is 12.4. The molecule has 1 unspecified atom stereocenters. The maximum absolute atomic E-state index is 11.6. The molecule has 0 radical (unpaired) electrons. The van der Waals surface area contributed by atoms with Gasteiger partial charge >= 0.3 is 5.97 Å². The summed E-state index contributed by atoms with van der Waals surface area (Å²) in [6.45, 7) is 1.85. The summed E-state index contributed by atoms with van der Waals surface area (Å²) < 4.78 is 10.7. The molecule has 0 spiro atoms. The van der Waals surface area contributed by atoms with Crippen LogP contribution in [0.2, 0.25) is 0 Å². The molecule has 0 fully saturated rings. The summed E-state index contributed by atoms with van der Waals surface area (Å²) in [7, 11) is 0. The number of aromatic nitrogens is 1.